The van der Waals surface area contributed by atoms with Crippen molar-refractivity contribution in [3.63, 3.8) is 0 Å². The highest BCUT2D eigenvalue weighted by Gasteiger charge is 2.36. The largest absolute Gasteiger partial charge is 0.422 e. The van der Waals surface area contributed by atoms with Gasteiger partial charge in [0, 0.05) is 10.3 Å². The quantitative estimate of drug-likeness (QED) is 0.629. The van der Waals surface area contributed by atoms with Crippen LogP contribution in [0, 0.1) is 0 Å². The van der Waals surface area contributed by atoms with Gasteiger partial charge in [-0.25, -0.2) is 0 Å². The zero-order chi connectivity index (χ0) is 14.6. The normalized spacial score (nSPS) is 18.3. The second-order valence-corrected chi connectivity index (χ2v) is 6.71. The van der Waals surface area contributed by atoms with Crippen molar-refractivity contribution in [1.29, 1.82) is 0 Å². The van der Waals surface area contributed by atoms with E-state index in [0.717, 1.165) is 43.9 Å². The van der Waals surface area contributed by atoms with Crippen molar-refractivity contribution in [1.82, 2.24) is 0 Å². The number of benzene rings is 1. The van der Waals surface area contributed by atoms with E-state index < -0.39 is 11.1 Å². The maximum atomic E-state index is 13.1. The van der Waals surface area contributed by atoms with Gasteiger partial charge in [0.05, 0.1) is 4.91 Å². The average molecular weight is 321 g/mol. The Balaban J connectivity index is 2.16. The third kappa shape index (κ3) is 4.74. The molecule has 0 heterocycles. The SMILES string of the molecule is FC(F)(F)C(=Cc1ccc(Cl)cc1)SC1CCCCC1. The molecule has 1 aliphatic carbocycles. The summed E-state index contributed by atoms with van der Waals surface area (Å²) in [4.78, 5) is -0.508. The van der Waals surface area contributed by atoms with Crippen LogP contribution in [0.5, 0.6) is 0 Å². The van der Waals surface area contributed by atoms with E-state index in [-0.39, 0.29) is 5.25 Å². The molecular weight excluding hydrogens is 305 g/mol. The van der Waals surface area contributed by atoms with Crippen molar-refractivity contribution in [3.05, 3.63) is 39.8 Å². The van der Waals surface area contributed by atoms with Crippen LogP contribution in [0.4, 0.5) is 13.2 Å². The van der Waals surface area contributed by atoms with Crippen LogP contribution in [0.15, 0.2) is 29.2 Å². The van der Waals surface area contributed by atoms with Gasteiger partial charge in [-0.15, -0.1) is 11.8 Å². The Morgan fingerprint density at radius 1 is 1.10 bits per heavy atom. The van der Waals surface area contributed by atoms with Crippen molar-refractivity contribution in [2.24, 2.45) is 0 Å². The smallest absolute Gasteiger partial charge is 0.166 e. The Kier molecular flexibility index (Phi) is 5.44. The van der Waals surface area contributed by atoms with E-state index in [1.165, 1.54) is 6.08 Å². The first kappa shape index (κ1) is 15.8. The number of hydrogen-bond acceptors (Lipinski definition) is 1. The molecule has 2 rings (SSSR count). The summed E-state index contributed by atoms with van der Waals surface area (Å²) in [6.45, 7) is 0. The van der Waals surface area contributed by atoms with Gasteiger partial charge in [0.1, 0.15) is 0 Å². The molecule has 0 spiro atoms. The fraction of sp³-hybridized carbons (Fsp3) is 0.467. The molecule has 0 saturated heterocycles. The van der Waals surface area contributed by atoms with Gasteiger partial charge >= 0.3 is 6.18 Å². The molecule has 0 nitrogen and oxygen atoms in total. The van der Waals surface area contributed by atoms with Crippen LogP contribution in [0.3, 0.4) is 0 Å². The molecule has 1 aliphatic rings. The van der Waals surface area contributed by atoms with Crippen LogP contribution in [0.2, 0.25) is 5.02 Å². The minimum atomic E-state index is -4.29. The van der Waals surface area contributed by atoms with Crippen molar-refractivity contribution in [3.8, 4) is 0 Å². The molecule has 0 unspecified atom stereocenters. The summed E-state index contributed by atoms with van der Waals surface area (Å²) in [6.07, 6.45) is 1.88. The van der Waals surface area contributed by atoms with Crippen molar-refractivity contribution >= 4 is 29.4 Å². The number of alkyl halides is 3. The second-order valence-electron chi connectivity index (χ2n) is 4.94. The van der Waals surface area contributed by atoms with E-state index in [4.69, 9.17) is 11.6 Å². The highest BCUT2D eigenvalue weighted by molar-refractivity contribution is 8.03. The molecule has 1 saturated carbocycles. The second kappa shape index (κ2) is 6.90. The number of rotatable bonds is 3. The Labute approximate surface area is 126 Å². The molecule has 1 aromatic rings. The van der Waals surface area contributed by atoms with Crippen LogP contribution in [0.25, 0.3) is 6.08 Å². The predicted octanol–water partition coefficient (Wildman–Crippen LogP) is 6.31. The molecule has 0 aromatic heterocycles. The first-order valence-corrected chi connectivity index (χ1v) is 7.92. The number of halogens is 4. The fourth-order valence-electron chi connectivity index (χ4n) is 2.26. The lowest BCUT2D eigenvalue weighted by Gasteiger charge is -2.23. The Bertz CT molecular complexity index is 459. The van der Waals surface area contributed by atoms with E-state index >= 15 is 0 Å². The van der Waals surface area contributed by atoms with E-state index in [9.17, 15) is 13.2 Å². The van der Waals surface area contributed by atoms with Gasteiger partial charge in [0.2, 0.25) is 0 Å². The van der Waals surface area contributed by atoms with Crippen LogP contribution < -0.4 is 0 Å². The molecule has 0 atom stereocenters. The maximum absolute atomic E-state index is 13.1. The third-order valence-corrected chi connectivity index (χ3v) is 4.95. The van der Waals surface area contributed by atoms with Crippen LogP contribution in [0.1, 0.15) is 37.7 Å². The summed E-state index contributed by atoms with van der Waals surface area (Å²) in [5, 5.41) is 0.611. The van der Waals surface area contributed by atoms with Crippen LogP contribution in [-0.4, -0.2) is 11.4 Å². The molecule has 0 aliphatic heterocycles. The topological polar surface area (TPSA) is 0 Å². The van der Waals surface area contributed by atoms with Gasteiger partial charge in [0.25, 0.3) is 0 Å². The Morgan fingerprint density at radius 2 is 1.70 bits per heavy atom. The summed E-state index contributed by atoms with van der Waals surface area (Å²) >= 11 is 6.72. The number of hydrogen-bond donors (Lipinski definition) is 0. The molecule has 1 aromatic carbocycles. The summed E-state index contributed by atoms with van der Waals surface area (Å²) in [5.74, 6) is 0. The average Bonchev–Trinajstić information content (AvgIpc) is 2.40. The van der Waals surface area contributed by atoms with E-state index in [1.807, 2.05) is 0 Å². The number of thioether (sulfide) groups is 1. The summed E-state index contributed by atoms with van der Waals surface area (Å²) in [6, 6.07) is 6.42. The lowest BCUT2D eigenvalue weighted by atomic mass is 10.0. The molecule has 0 N–H and O–H groups in total. The molecule has 20 heavy (non-hydrogen) atoms. The number of allylic oxidation sites excluding steroid dienone is 1. The lowest BCUT2D eigenvalue weighted by Crippen LogP contribution is -2.15. The van der Waals surface area contributed by atoms with E-state index in [0.29, 0.717) is 10.6 Å². The van der Waals surface area contributed by atoms with Gasteiger partial charge in [-0.05, 0) is 36.6 Å². The van der Waals surface area contributed by atoms with Crippen LogP contribution in [-0.2, 0) is 0 Å². The lowest BCUT2D eigenvalue weighted by molar-refractivity contribution is -0.0828. The van der Waals surface area contributed by atoms with Gasteiger partial charge in [-0.1, -0.05) is 43.0 Å². The van der Waals surface area contributed by atoms with Crippen LogP contribution >= 0.6 is 23.4 Å². The minimum Gasteiger partial charge on any atom is -0.166 e. The first-order chi connectivity index (χ1) is 9.45. The van der Waals surface area contributed by atoms with Crippen molar-refractivity contribution < 1.29 is 13.2 Å². The summed E-state index contributed by atoms with van der Waals surface area (Å²) in [7, 11) is 0. The Hall–Kier alpha value is -0.610. The summed E-state index contributed by atoms with van der Waals surface area (Å²) < 4.78 is 39.4. The predicted molar refractivity (Wildman–Crippen MR) is 79.9 cm³/mol. The monoisotopic (exact) mass is 320 g/mol. The third-order valence-electron chi connectivity index (χ3n) is 3.29. The molecule has 5 heteroatoms. The van der Waals surface area contributed by atoms with Crippen molar-refractivity contribution in [2.75, 3.05) is 0 Å². The summed E-state index contributed by atoms with van der Waals surface area (Å²) in [5.41, 5.74) is 0.532. The molecule has 1 fully saturated rings. The maximum Gasteiger partial charge on any atom is 0.422 e. The molecule has 0 radical (unpaired) electrons. The van der Waals surface area contributed by atoms with Gasteiger partial charge in [-0.3, -0.25) is 0 Å². The van der Waals surface area contributed by atoms with Gasteiger partial charge in [-0.2, -0.15) is 13.2 Å². The minimum absolute atomic E-state index is 0.0870. The highest BCUT2D eigenvalue weighted by Crippen LogP contribution is 2.42. The zero-order valence-electron chi connectivity index (χ0n) is 10.9. The first-order valence-electron chi connectivity index (χ1n) is 6.66. The van der Waals surface area contributed by atoms with Gasteiger partial charge in [0.15, 0.2) is 0 Å². The standard InChI is InChI=1S/C15H16ClF3S/c16-12-8-6-11(7-9-12)10-14(15(17,18)19)20-13-4-2-1-3-5-13/h6-10,13H,1-5H2. The molecule has 110 valence electrons. The highest BCUT2D eigenvalue weighted by atomic mass is 35.5. The van der Waals surface area contributed by atoms with Gasteiger partial charge < -0.3 is 0 Å². The zero-order valence-corrected chi connectivity index (χ0v) is 12.5. The Morgan fingerprint density at radius 3 is 2.25 bits per heavy atom. The molecular formula is C15H16ClF3S. The van der Waals surface area contributed by atoms with E-state index in [2.05, 4.69) is 0 Å². The molecule has 0 bridgehead atoms. The van der Waals surface area contributed by atoms with E-state index in [1.54, 1.807) is 24.3 Å². The molecule has 0 amide bonds. The van der Waals surface area contributed by atoms with Crippen molar-refractivity contribution in [2.45, 2.75) is 43.5 Å². The fourth-order valence-corrected chi connectivity index (χ4v) is 3.65.